The number of aromatic nitrogens is 1. The van der Waals surface area contributed by atoms with Crippen LogP contribution >= 0.6 is 0 Å². The average Bonchev–Trinajstić information content (AvgIpc) is 3.08. The summed E-state index contributed by atoms with van der Waals surface area (Å²) < 4.78 is 0. The summed E-state index contributed by atoms with van der Waals surface area (Å²) in [4.78, 5) is 47.3. The van der Waals surface area contributed by atoms with Gasteiger partial charge in [-0.15, -0.1) is 0 Å². The molecule has 0 N–H and O–H groups in total. The van der Waals surface area contributed by atoms with E-state index in [1.54, 1.807) is 36.5 Å². The second kappa shape index (κ2) is 10.00. The number of hydrogen-bond acceptors (Lipinski definition) is 4. The van der Waals surface area contributed by atoms with Gasteiger partial charge in [-0.05, 0) is 47.7 Å². The molecule has 2 heterocycles. The number of nitrogens with zero attached hydrogens (tertiary/aromatic N) is 3. The van der Waals surface area contributed by atoms with E-state index in [1.165, 1.54) is 4.90 Å². The monoisotopic (exact) mass is 455 g/mol. The summed E-state index contributed by atoms with van der Waals surface area (Å²) in [5.74, 6) is -0.718. The Morgan fingerprint density at radius 1 is 0.971 bits per heavy atom. The molecule has 1 atom stereocenters. The van der Waals surface area contributed by atoms with Crippen LogP contribution in [0.4, 0.5) is 0 Å². The molecule has 2 aromatic carbocycles. The second-order valence-electron chi connectivity index (χ2n) is 8.94. The molecule has 1 unspecified atom stereocenters. The van der Waals surface area contributed by atoms with Gasteiger partial charge in [0.25, 0.3) is 0 Å². The molecule has 34 heavy (non-hydrogen) atoms. The maximum absolute atomic E-state index is 13.9. The molecule has 0 saturated carbocycles. The molecule has 1 aliphatic heterocycles. The highest BCUT2D eigenvalue weighted by Crippen LogP contribution is 2.42. The number of rotatable bonds is 8. The topological polar surface area (TPSA) is 70.6 Å². The van der Waals surface area contributed by atoms with Crippen LogP contribution in [0, 0.1) is 6.92 Å². The Morgan fingerprint density at radius 3 is 2.35 bits per heavy atom. The van der Waals surface area contributed by atoms with E-state index in [1.807, 2.05) is 61.5 Å². The van der Waals surface area contributed by atoms with Gasteiger partial charge in [0.05, 0.1) is 12.0 Å². The van der Waals surface area contributed by atoms with E-state index in [0.29, 0.717) is 6.54 Å². The van der Waals surface area contributed by atoms with Crippen molar-refractivity contribution in [1.82, 2.24) is 14.8 Å². The molecule has 0 bridgehead atoms. The van der Waals surface area contributed by atoms with Crippen molar-refractivity contribution < 1.29 is 14.4 Å². The van der Waals surface area contributed by atoms with Crippen LogP contribution < -0.4 is 0 Å². The number of likely N-dealkylation sites (N-methyl/N-ethyl adjacent to an activating group) is 1. The zero-order valence-corrected chi connectivity index (χ0v) is 19.6. The van der Waals surface area contributed by atoms with E-state index >= 15 is 0 Å². The predicted octanol–water partition coefficient (Wildman–Crippen LogP) is 3.68. The Morgan fingerprint density at radius 2 is 1.65 bits per heavy atom. The number of hydrogen-bond donors (Lipinski definition) is 0. The Bertz CT molecular complexity index is 1180. The third-order valence-electron chi connectivity index (χ3n) is 6.62. The van der Waals surface area contributed by atoms with Crippen molar-refractivity contribution >= 4 is 17.7 Å². The highest BCUT2D eigenvalue weighted by atomic mass is 16.2. The summed E-state index contributed by atoms with van der Waals surface area (Å²) in [6, 6.07) is 21.1. The van der Waals surface area contributed by atoms with Crippen molar-refractivity contribution in [2.45, 2.75) is 38.1 Å². The van der Waals surface area contributed by atoms with Gasteiger partial charge in [-0.3, -0.25) is 24.3 Å². The molecule has 6 nitrogen and oxygen atoms in total. The molecule has 174 valence electrons. The number of carbonyl (C=O) groups is 3. The van der Waals surface area contributed by atoms with Gasteiger partial charge in [-0.25, -0.2) is 0 Å². The number of imide groups is 1. The van der Waals surface area contributed by atoms with Crippen LogP contribution in [0.3, 0.4) is 0 Å². The number of aryl methyl sites for hydroxylation is 1. The zero-order valence-electron chi connectivity index (χ0n) is 19.6. The SMILES string of the molecule is Cc1ccccc1C1(CC(=O)N(C)CCc2ccccc2)CC(=O)N(Cc2ccncc2)C1=O. The van der Waals surface area contributed by atoms with Crippen LogP contribution in [-0.4, -0.2) is 46.1 Å². The minimum Gasteiger partial charge on any atom is -0.345 e. The van der Waals surface area contributed by atoms with Crippen molar-refractivity contribution in [3.05, 3.63) is 101 Å². The van der Waals surface area contributed by atoms with Crippen molar-refractivity contribution in [2.75, 3.05) is 13.6 Å². The van der Waals surface area contributed by atoms with Crippen LogP contribution in [0.1, 0.15) is 35.1 Å². The van der Waals surface area contributed by atoms with Crippen LogP contribution in [0.25, 0.3) is 0 Å². The molecule has 3 aromatic rings. The fourth-order valence-corrected chi connectivity index (χ4v) is 4.64. The highest BCUT2D eigenvalue weighted by Gasteiger charge is 2.54. The third-order valence-corrected chi connectivity index (χ3v) is 6.62. The predicted molar refractivity (Wildman–Crippen MR) is 130 cm³/mol. The zero-order chi connectivity index (χ0) is 24.1. The Hall–Kier alpha value is -3.80. The van der Waals surface area contributed by atoms with E-state index in [0.717, 1.165) is 28.7 Å². The normalized spacial score (nSPS) is 17.8. The lowest BCUT2D eigenvalue weighted by molar-refractivity contribution is -0.143. The molecule has 0 aliphatic carbocycles. The third kappa shape index (κ3) is 4.76. The van der Waals surface area contributed by atoms with Crippen LogP contribution in [0.2, 0.25) is 0 Å². The largest absolute Gasteiger partial charge is 0.345 e. The minimum absolute atomic E-state index is 0.0139. The lowest BCUT2D eigenvalue weighted by atomic mass is 9.74. The van der Waals surface area contributed by atoms with Gasteiger partial charge in [0.2, 0.25) is 17.7 Å². The molecule has 0 radical (unpaired) electrons. The Labute approximate surface area is 200 Å². The molecule has 1 saturated heterocycles. The fraction of sp³-hybridized carbons (Fsp3) is 0.286. The van der Waals surface area contributed by atoms with Crippen LogP contribution in [0.15, 0.2) is 79.1 Å². The van der Waals surface area contributed by atoms with Gasteiger partial charge in [-0.1, -0.05) is 54.6 Å². The minimum atomic E-state index is -1.20. The highest BCUT2D eigenvalue weighted by molar-refractivity contribution is 6.10. The lowest BCUT2D eigenvalue weighted by Crippen LogP contribution is -2.43. The van der Waals surface area contributed by atoms with E-state index in [-0.39, 0.29) is 37.1 Å². The standard InChI is InChI=1S/C28H29N3O3/c1-21-8-6-7-11-24(21)28(18-25(32)30(2)17-14-22-9-4-3-5-10-22)19-26(33)31(27(28)34)20-23-12-15-29-16-13-23/h3-13,15-16H,14,17-20H2,1-2H3. The molecular weight excluding hydrogens is 426 g/mol. The smallest absolute Gasteiger partial charge is 0.241 e. The molecule has 3 amide bonds. The summed E-state index contributed by atoms with van der Waals surface area (Å²) in [5, 5.41) is 0. The number of amides is 3. The van der Waals surface area contributed by atoms with Gasteiger partial charge in [0, 0.05) is 38.8 Å². The maximum atomic E-state index is 13.9. The van der Waals surface area contributed by atoms with Crippen molar-refractivity contribution in [1.29, 1.82) is 0 Å². The maximum Gasteiger partial charge on any atom is 0.241 e. The molecular formula is C28H29N3O3. The van der Waals surface area contributed by atoms with E-state index in [4.69, 9.17) is 0 Å². The molecule has 0 spiro atoms. The molecule has 1 aliphatic rings. The van der Waals surface area contributed by atoms with E-state index < -0.39 is 5.41 Å². The quantitative estimate of drug-likeness (QED) is 0.486. The molecule has 1 fully saturated rings. The number of benzene rings is 2. The summed E-state index contributed by atoms with van der Waals surface area (Å²) in [6.07, 6.45) is 3.95. The van der Waals surface area contributed by atoms with Gasteiger partial charge in [0.15, 0.2) is 0 Å². The van der Waals surface area contributed by atoms with Gasteiger partial charge < -0.3 is 4.90 Å². The summed E-state index contributed by atoms with van der Waals surface area (Å²) >= 11 is 0. The van der Waals surface area contributed by atoms with Crippen LogP contribution in [0.5, 0.6) is 0 Å². The lowest BCUT2D eigenvalue weighted by Gasteiger charge is -2.30. The summed E-state index contributed by atoms with van der Waals surface area (Å²) in [6.45, 7) is 2.63. The van der Waals surface area contributed by atoms with Gasteiger partial charge >= 0.3 is 0 Å². The number of likely N-dealkylation sites (tertiary alicyclic amines) is 1. The van der Waals surface area contributed by atoms with Gasteiger partial charge in [-0.2, -0.15) is 0 Å². The first-order valence-electron chi connectivity index (χ1n) is 11.5. The molecule has 6 heteroatoms. The van der Waals surface area contributed by atoms with Crippen molar-refractivity contribution in [3.63, 3.8) is 0 Å². The first kappa shape index (κ1) is 23.4. The Kier molecular flexibility index (Phi) is 6.87. The van der Waals surface area contributed by atoms with Gasteiger partial charge in [0.1, 0.15) is 0 Å². The van der Waals surface area contributed by atoms with Crippen molar-refractivity contribution in [2.24, 2.45) is 0 Å². The average molecular weight is 456 g/mol. The first-order chi connectivity index (χ1) is 16.4. The van der Waals surface area contributed by atoms with E-state index in [9.17, 15) is 14.4 Å². The Balaban J connectivity index is 1.59. The second-order valence-corrected chi connectivity index (χ2v) is 8.94. The van der Waals surface area contributed by atoms with Crippen LogP contribution in [-0.2, 0) is 32.8 Å². The first-order valence-corrected chi connectivity index (χ1v) is 11.5. The summed E-state index contributed by atoms with van der Waals surface area (Å²) in [5.41, 5.74) is 2.41. The van der Waals surface area contributed by atoms with E-state index in [2.05, 4.69) is 4.98 Å². The number of carbonyl (C=O) groups excluding carboxylic acids is 3. The van der Waals surface area contributed by atoms with Crippen molar-refractivity contribution in [3.8, 4) is 0 Å². The molecule has 4 rings (SSSR count). The fourth-order valence-electron chi connectivity index (χ4n) is 4.64. The summed E-state index contributed by atoms with van der Waals surface area (Å²) in [7, 11) is 1.76. The number of pyridine rings is 1. The molecule has 1 aromatic heterocycles.